The third kappa shape index (κ3) is 5.28. The van der Waals surface area contributed by atoms with Crippen LogP contribution in [0.2, 0.25) is 0 Å². The molecule has 30 heavy (non-hydrogen) atoms. The van der Waals surface area contributed by atoms with Crippen molar-refractivity contribution in [3.63, 3.8) is 0 Å². The molecule has 3 rings (SSSR count). The number of sulfonamides is 1. The van der Waals surface area contributed by atoms with Gasteiger partial charge in [0.15, 0.2) is 6.54 Å². The van der Waals surface area contributed by atoms with Crippen LogP contribution < -0.4 is 10.2 Å². The number of hydrogen-bond acceptors (Lipinski definition) is 3. The Morgan fingerprint density at radius 3 is 2.23 bits per heavy atom. The third-order valence-electron chi connectivity index (χ3n) is 5.82. The van der Waals surface area contributed by atoms with Gasteiger partial charge in [-0.15, -0.1) is 0 Å². The van der Waals surface area contributed by atoms with Gasteiger partial charge in [0, 0.05) is 5.69 Å². The van der Waals surface area contributed by atoms with E-state index in [2.05, 4.69) is 19.2 Å². The van der Waals surface area contributed by atoms with E-state index in [0.29, 0.717) is 43.5 Å². The van der Waals surface area contributed by atoms with Crippen molar-refractivity contribution < 1.29 is 18.1 Å². The summed E-state index contributed by atoms with van der Waals surface area (Å²) in [4.78, 5) is 13.8. The molecule has 1 fully saturated rings. The Bertz CT molecular complexity index is 993. The summed E-state index contributed by atoms with van der Waals surface area (Å²) in [6.07, 6.45) is 0. The number of hydrogen-bond donors (Lipinski definition) is 2. The van der Waals surface area contributed by atoms with Gasteiger partial charge in [-0.3, -0.25) is 4.79 Å². The lowest BCUT2D eigenvalue weighted by atomic mass is 10.0. The molecule has 0 atom stereocenters. The number of aryl methyl sites for hydroxylation is 2. The number of carbonyl (C=O) groups is 1. The smallest absolute Gasteiger partial charge is 0.279 e. The van der Waals surface area contributed by atoms with E-state index in [1.54, 1.807) is 12.1 Å². The van der Waals surface area contributed by atoms with Gasteiger partial charge in [-0.25, -0.2) is 8.42 Å². The molecular weight excluding hydrogens is 398 g/mol. The fraction of sp³-hybridized carbons (Fsp3) is 0.435. The van der Waals surface area contributed by atoms with Gasteiger partial charge < -0.3 is 10.2 Å². The number of amides is 1. The maximum Gasteiger partial charge on any atom is 0.279 e. The summed E-state index contributed by atoms with van der Waals surface area (Å²) >= 11 is 0. The Morgan fingerprint density at radius 1 is 1.03 bits per heavy atom. The second-order valence-corrected chi connectivity index (χ2v) is 10.3. The summed E-state index contributed by atoms with van der Waals surface area (Å²) in [7, 11) is -3.49. The fourth-order valence-electron chi connectivity index (χ4n) is 3.64. The van der Waals surface area contributed by atoms with Gasteiger partial charge in [0.2, 0.25) is 10.0 Å². The van der Waals surface area contributed by atoms with E-state index in [4.69, 9.17) is 0 Å². The highest BCUT2D eigenvalue weighted by atomic mass is 32.2. The number of rotatable bonds is 6. The lowest BCUT2D eigenvalue weighted by Gasteiger charge is -2.31. The minimum absolute atomic E-state index is 0.0474. The Morgan fingerprint density at radius 2 is 1.67 bits per heavy atom. The van der Waals surface area contributed by atoms with E-state index in [0.717, 1.165) is 21.7 Å². The van der Waals surface area contributed by atoms with E-state index >= 15 is 0 Å². The second-order valence-electron chi connectivity index (χ2n) is 8.40. The fourth-order valence-corrected chi connectivity index (χ4v) is 5.09. The molecule has 1 saturated heterocycles. The van der Waals surface area contributed by atoms with Gasteiger partial charge in [0.1, 0.15) is 0 Å². The average Bonchev–Trinajstić information content (AvgIpc) is 2.71. The van der Waals surface area contributed by atoms with Crippen LogP contribution in [0, 0.1) is 13.8 Å². The van der Waals surface area contributed by atoms with Gasteiger partial charge in [0.05, 0.1) is 31.1 Å². The van der Waals surface area contributed by atoms with Crippen LogP contribution in [0.4, 0.5) is 5.69 Å². The van der Waals surface area contributed by atoms with Crippen molar-refractivity contribution in [1.29, 1.82) is 0 Å². The summed E-state index contributed by atoms with van der Waals surface area (Å²) in [5, 5.41) is 2.95. The van der Waals surface area contributed by atoms with Gasteiger partial charge in [-0.2, -0.15) is 4.31 Å². The maximum absolute atomic E-state index is 12.9. The first kappa shape index (κ1) is 22.5. The summed E-state index contributed by atoms with van der Waals surface area (Å²) in [5.74, 6) is 0.317. The van der Waals surface area contributed by atoms with Crippen molar-refractivity contribution in [2.75, 3.05) is 38.0 Å². The van der Waals surface area contributed by atoms with E-state index in [-0.39, 0.29) is 5.91 Å². The molecule has 0 aliphatic carbocycles. The Kier molecular flexibility index (Phi) is 6.95. The SMILES string of the molecule is Cc1ccc(NC(=O)C[NH+]2CCN(S(=O)(=O)c3ccc(C(C)C)cc3)CC2)cc1C. The van der Waals surface area contributed by atoms with Crippen LogP contribution in [0.15, 0.2) is 47.4 Å². The van der Waals surface area contributed by atoms with Crippen molar-refractivity contribution in [1.82, 2.24) is 4.31 Å². The molecule has 0 spiro atoms. The van der Waals surface area contributed by atoms with Crippen LogP contribution >= 0.6 is 0 Å². The summed E-state index contributed by atoms with van der Waals surface area (Å²) < 4.78 is 27.4. The lowest BCUT2D eigenvalue weighted by molar-refractivity contribution is -0.895. The predicted molar refractivity (Wildman–Crippen MR) is 119 cm³/mol. The molecular formula is C23H32N3O3S+. The topological polar surface area (TPSA) is 70.9 Å². The largest absolute Gasteiger partial charge is 0.325 e. The molecule has 2 N–H and O–H groups in total. The zero-order valence-corrected chi connectivity index (χ0v) is 19.1. The van der Waals surface area contributed by atoms with Crippen molar-refractivity contribution in [2.45, 2.75) is 38.5 Å². The van der Waals surface area contributed by atoms with Crippen molar-refractivity contribution in [2.24, 2.45) is 0 Å². The Balaban J connectivity index is 1.54. The van der Waals surface area contributed by atoms with Gasteiger partial charge in [-0.1, -0.05) is 32.0 Å². The summed E-state index contributed by atoms with van der Waals surface area (Å²) in [6.45, 7) is 10.6. The lowest BCUT2D eigenvalue weighted by Crippen LogP contribution is -3.15. The number of piperazine rings is 1. The third-order valence-corrected chi connectivity index (χ3v) is 7.73. The highest BCUT2D eigenvalue weighted by Gasteiger charge is 2.31. The number of nitrogens with one attached hydrogen (secondary N) is 2. The first-order valence-electron chi connectivity index (χ1n) is 10.5. The Hall–Kier alpha value is -2.22. The molecule has 2 aromatic rings. The molecule has 7 heteroatoms. The van der Waals surface area contributed by atoms with Crippen LogP contribution in [-0.4, -0.2) is 51.4 Å². The van der Waals surface area contributed by atoms with E-state index in [1.165, 1.54) is 9.87 Å². The molecule has 162 valence electrons. The normalized spacial score (nSPS) is 16.0. The van der Waals surface area contributed by atoms with Crippen LogP contribution in [-0.2, 0) is 14.8 Å². The molecule has 2 aromatic carbocycles. The first-order chi connectivity index (χ1) is 14.2. The van der Waals surface area contributed by atoms with E-state index in [9.17, 15) is 13.2 Å². The number of nitrogens with zero attached hydrogens (tertiary/aromatic N) is 1. The quantitative estimate of drug-likeness (QED) is 0.736. The minimum atomic E-state index is -3.49. The molecule has 1 heterocycles. The molecule has 0 saturated carbocycles. The van der Waals surface area contributed by atoms with Crippen LogP contribution in [0.3, 0.4) is 0 Å². The average molecular weight is 431 g/mol. The first-order valence-corrected chi connectivity index (χ1v) is 11.9. The van der Waals surface area contributed by atoms with Crippen molar-refractivity contribution in [3.8, 4) is 0 Å². The number of quaternary nitrogens is 1. The predicted octanol–water partition coefficient (Wildman–Crippen LogP) is 1.95. The molecule has 0 bridgehead atoms. The highest BCUT2D eigenvalue weighted by Crippen LogP contribution is 2.20. The second kappa shape index (κ2) is 9.29. The Labute approximate surface area is 179 Å². The van der Waals surface area contributed by atoms with Gasteiger partial charge >= 0.3 is 0 Å². The molecule has 1 aliphatic heterocycles. The van der Waals surface area contributed by atoms with Gasteiger partial charge in [0.25, 0.3) is 5.91 Å². The number of anilines is 1. The monoisotopic (exact) mass is 430 g/mol. The highest BCUT2D eigenvalue weighted by molar-refractivity contribution is 7.89. The molecule has 0 aromatic heterocycles. The molecule has 1 aliphatic rings. The minimum Gasteiger partial charge on any atom is -0.325 e. The van der Waals surface area contributed by atoms with E-state index < -0.39 is 10.0 Å². The van der Waals surface area contributed by atoms with Crippen LogP contribution in [0.5, 0.6) is 0 Å². The zero-order valence-electron chi connectivity index (χ0n) is 18.2. The standard InChI is InChI=1S/C23H31N3O3S/c1-17(2)20-6-9-22(10-7-20)30(28,29)26-13-11-25(12-14-26)16-23(27)24-21-8-5-18(3)19(4)15-21/h5-10,15,17H,11-14,16H2,1-4H3,(H,24,27)/p+1. The van der Waals surface area contributed by atoms with Crippen LogP contribution in [0.1, 0.15) is 36.5 Å². The molecule has 1 amide bonds. The van der Waals surface area contributed by atoms with E-state index in [1.807, 2.05) is 44.2 Å². The number of carbonyl (C=O) groups excluding carboxylic acids is 1. The van der Waals surface area contributed by atoms with Crippen LogP contribution in [0.25, 0.3) is 0 Å². The van der Waals surface area contributed by atoms with Crippen molar-refractivity contribution >= 4 is 21.6 Å². The van der Waals surface area contributed by atoms with Crippen molar-refractivity contribution in [3.05, 3.63) is 59.2 Å². The maximum atomic E-state index is 12.9. The summed E-state index contributed by atoms with van der Waals surface area (Å²) in [5.41, 5.74) is 4.25. The van der Waals surface area contributed by atoms with Gasteiger partial charge in [-0.05, 0) is 60.7 Å². The zero-order chi connectivity index (χ0) is 21.9. The number of benzene rings is 2. The molecule has 0 radical (unpaired) electrons. The summed E-state index contributed by atoms with van der Waals surface area (Å²) in [6, 6.07) is 13.0. The molecule has 6 nitrogen and oxygen atoms in total. The molecule has 0 unspecified atom stereocenters.